The number of nitrogen functional groups attached to an aromatic ring is 1. The van der Waals surface area contributed by atoms with E-state index < -0.39 is 0 Å². The molecule has 0 fully saturated rings. The minimum Gasteiger partial charge on any atom is -0.396 e. The van der Waals surface area contributed by atoms with Crippen molar-refractivity contribution in [1.82, 2.24) is 0 Å². The fraction of sp³-hybridized carbons (Fsp3) is 0.133. The van der Waals surface area contributed by atoms with Crippen LogP contribution in [0.25, 0.3) is 0 Å². The molecular formula is C15H15Cl2N3S. The Morgan fingerprint density at radius 3 is 2.33 bits per heavy atom. The predicted octanol–water partition coefficient (Wildman–Crippen LogP) is 4.95. The van der Waals surface area contributed by atoms with Crippen molar-refractivity contribution >= 4 is 57.6 Å². The molecule has 0 radical (unpaired) electrons. The van der Waals surface area contributed by atoms with Crippen molar-refractivity contribution in [3.05, 3.63) is 52.0 Å². The zero-order valence-corrected chi connectivity index (χ0v) is 13.7. The predicted molar refractivity (Wildman–Crippen MR) is 96.5 cm³/mol. The monoisotopic (exact) mass is 339 g/mol. The molecule has 0 spiro atoms. The Morgan fingerprint density at radius 2 is 1.71 bits per heavy atom. The first-order valence-electron chi connectivity index (χ1n) is 6.41. The average molecular weight is 340 g/mol. The average Bonchev–Trinajstić information content (AvgIpc) is 2.44. The number of thiocarbonyl (C=S) groups is 1. The van der Waals surface area contributed by atoms with Crippen LogP contribution < -0.4 is 16.4 Å². The third-order valence-corrected chi connectivity index (χ3v) is 3.76. The molecule has 0 aliphatic rings. The minimum atomic E-state index is 0.360. The summed E-state index contributed by atoms with van der Waals surface area (Å²) in [4.78, 5) is 0. The van der Waals surface area contributed by atoms with Crippen LogP contribution in [0.5, 0.6) is 0 Å². The van der Waals surface area contributed by atoms with Crippen molar-refractivity contribution in [2.24, 2.45) is 0 Å². The maximum atomic E-state index is 5.99. The van der Waals surface area contributed by atoms with Gasteiger partial charge in [-0.05, 0) is 48.5 Å². The van der Waals surface area contributed by atoms with Crippen LogP contribution >= 0.6 is 35.4 Å². The highest BCUT2D eigenvalue weighted by atomic mass is 35.5. The maximum Gasteiger partial charge on any atom is 0.175 e. The molecule has 0 heterocycles. The van der Waals surface area contributed by atoms with E-state index in [4.69, 9.17) is 41.2 Å². The molecular weight excluding hydrogens is 325 g/mol. The molecule has 21 heavy (non-hydrogen) atoms. The largest absolute Gasteiger partial charge is 0.396 e. The van der Waals surface area contributed by atoms with E-state index in [2.05, 4.69) is 29.7 Å². The van der Waals surface area contributed by atoms with Crippen molar-refractivity contribution in [2.75, 3.05) is 16.4 Å². The number of anilines is 3. The quantitative estimate of drug-likeness (QED) is 0.547. The van der Waals surface area contributed by atoms with Gasteiger partial charge in [-0.3, -0.25) is 0 Å². The van der Waals surface area contributed by atoms with E-state index in [1.807, 2.05) is 12.1 Å². The number of benzene rings is 2. The van der Waals surface area contributed by atoms with E-state index in [-0.39, 0.29) is 0 Å². The number of aryl methyl sites for hydroxylation is 1. The molecule has 2 aromatic rings. The molecule has 0 unspecified atom stereocenters. The molecule has 0 saturated heterocycles. The molecule has 0 aliphatic heterocycles. The lowest BCUT2D eigenvalue weighted by atomic mass is 10.1. The van der Waals surface area contributed by atoms with Crippen LogP contribution in [0.4, 0.5) is 17.1 Å². The lowest BCUT2D eigenvalue weighted by molar-refractivity contribution is 1.14. The Labute approximate surface area is 139 Å². The van der Waals surface area contributed by atoms with Gasteiger partial charge in [0.1, 0.15) is 0 Å². The Balaban J connectivity index is 2.08. The van der Waals surface area contributed by atoms with Crippen LogP contribution in [0.1, 0.15) is 12.5 Å². The second kappa shape index (κ2) is 6.98. The SMILES string of the molecule is CCc1cccc(NC(=S)Nc2cc(Cl)c(N)c(Cl)c2)c1. The number of halogens is 2. The fourth-order valence-corrected chi connectivity index (χ4v) is 2.54. The van der Waals surface area contributed by atoms with Gasteiger partial charge in [0.25, 0.3) is 0 Å². The Kier molecular flexibility index (Phi) is 5.28. The van der Waals surface area contributed by atoms with Gasteiger partial charge >= 0.3 is 0 Å². The van der Waals surface area contributed by atoms with Gasteiger partial charge in [0, 0.05) is 11.4 Å². The first kappa shape index (κ1) is 15.9. The van der Waals surface area contributed by atoms with E-state index in [0.717, 1.165) is 12.1 Å². The molecule has 0 atom stereocenters. The number of rotatable bonds is 3. The molecule has 3 nitrogen and oxygen atoms in total. The van der Waals surface area contributed by atoms with Gasteiger partial charge < -0.3 is 16.4 Å². The third-order valence-electron chi connectivity index (χ3n) is 2.93. The lowest BCUT2D eigenvalue weighted by Crippen LogP contribution is -2.19. The Hall–Kier alpha value is -1.49. The highest BCUT2D eigenvalue weighted by Gasteiger charge is 2.06. The lowest BCUT2D eigenvalue weighted by Gasteiger charge is -2.12. The number of nitrogens with two attached hydrogens (primary N) is 1. The van der Waals surface area contributed by atoms with Crippen LogP contribution in [-0.4, -0.2) is 5.11 Å². The topological polar surface area (TPSA) is 50.1 Å². The first-order valence-corrected chi connectivity index (χ1v) is 7.57. The van der Waals surface area contributed by atoms with E-state index in [9.17, 15) is 0 Å². The number of hydrogen-bond acceptors (Lipinski definition) is 2. The molecule has 0 amide bonds. The van der Waals surface area contributed by atoms with Crippen molar-refractivity contribution in [3.63, 3.8) is 0 Å². The van der Waals surface area contributed by atoms with Crippen molar-refractivity contribution in [1.29, 1.82) is 0 Å². The van der Waals surface area contributed by atoms with Gasteiger partial charge in [0.2, 0.25) is 0 Å². The van der Waals surface area contributed by atoms with Crippen LogP contribution in [0.2, 0.25) is 10.0 Å². The number of hydrogen-bond donors (Lipinski definition) is 3. The second-order valence-electron chi connectivity index (χ2n) is 4.49. The summed E-state index contributed by atoms with van der Waals surface area (Å²) in [6, 6.07) is 11.4. The normalized spacial score (nSPS) is 10.2. The summed E-state index contributed by atoms with van der Waals surface area (Å²) >= 11 is 17.3. The van der Waals surface area contributed by atoms with Gasteiger partial charge in [-0.15, -0.1) is 0 Å². The van der Waals surface area contributed by atoms with E-state index in [0.29, 0.717) is 26.5 Å². The zero-order chi connectivity index (χ0) is 15.4. The number of nitrogens with one attached hydrogen (secondary N) is 2. The van der Waals surface area contributed by atoms with Crippen LogP contribution in [0.3, 0.4) is 0 Å². The molecule has 4 N–H and O–H groups in total. The van der Waals surface area contributed by atoms with E-state index >= 15 is 0 Å². The molecule has 6 heteroatoms. The molecule has 110 valence electrons. The molecule has 2 rings (SSSR count). The Bertz CT molecular complexity index is 651. The summed E-state index contributed by atoms with van der Waals surface area (Å²) in [6.07, 6.45) is 0.971. The van der Waals surface area contributed by atoms with Gasteiger partial charge in [0.15, 0.2) is 5.11 Å². The van der Waals surface area contributed by atoms with Gasteiger partial charge in [0.05, 0.1) is 15.7 Å². The maximum absolute atomic E-state index is 5.99. The highest BCUT2D eigenvalue weighted by Crippen LogP contribution is 2.31. The molecule has 0 aromatic heterocycles. The molecule has 0 saturated carbocycles. The van der Waals surface area contributed by atoms with E-state index in [1.165, 1.54) is 5.56 Å². The molecule has 0 aliphatic carbocycles. The Morgan fingerprint density at radius 1 is 1.10 bits per heavy atom. The van der Waals surface area contributed by atoms with Gasteiger partial charge in [-0.2, -0.15) is 0 Å². The highest BCUT2D eigenvalue weighted by molar-refractivity contribution is 7.80. The van der Waals surface area contributed by atoms with Crippen molar-refractivity contribution < 1.29 is 0 Å². The smallest absolute Gasteiger partial charge is 0.175 e. The summed E-state index contributed by atoms with van der Waals surface area (Å²) in [6.45, 7) is 2.11. The fourth-order valence-electron chi connectivity index (χ4n) is 1.82. The zero-order valence-electron chi connectivity index (χ0n) is 11.4. The minimum absolute atomic E-state index is 0.360. The van der Waals surface area contributed by atoms with Crippen LogP contribution in [0.15, 0.2) is 36.4 Å². The van der Waals surface area contributed by atoms with Crippen LogP contribution in [0, 0.1) is 0 Å². The molecule has 0 bridgehead atoms. The van der Waals surface area contributed by atoms with Crippen LogP contribution in [-0.2, 0) is 6.42 Å². The summed E-state index contributed by atoms with van der Waals surface area (Å²) < 4.78 is 0. The summed E-state index contributed by atoms with van der Waals surface area (Å²) in [5.41, 5.74) is 8.91. The van der Waals surface area contributed by atoms with Gasteiger partial charge in [-0.1, -0.05) is 42.3 Å². The van der Waals surface area contributed by atoms with Crippen molar-refractivity contribution in [2.45, 2.75) is 13.3 Å². The van der Waals surface area contributed by atoms with Gasteiger partial charge in [-0.25, -0.2) is 0 Å². The second-order valence-corrected chi connectivity index (χ2v) is 5.71. The standard InChI is InChI=1S/C15H15Cl2N3S/c1-2-9-4-3-5-10(6-9)19-15(21)20-11-7-12(16)14(18)13(17)8-11/h3-8H,2,18H2,1H3,(H2,19,20,21). The summed E-state index contributed by atoms with van der Waals surface area (Å²) in [5, 5.41) is 7.39. The summed E-state index contributed by atoms with van der Waals surface area (Å²) in [7, 11) is 0. The third kappa shape index (κ3) is 4.24. The van der Waals surface area contributed by atoms with E-state index in [1.54, 1.807) is 12.1 Å². The summed E-state index contributed by atoms with van der Waals surface area (Å²) in [5.74, 6) is 0. The first-order chi connectivity index (χ1) is 9.99. The molecule has 2 aromatic carbocycles. The van der Waals surface area contributed by atoms with Crippen molar-refractivity contribution in [3.8, 4) is 0 Å².